The molecule has 2 aromatic heterocycles. The number of ether oxygens (including phenoxy) is 1. The van der Waals surface area contributed by atoms with E-state index in [1.807, 2.05) is 0 Å². The molecule has 0 saturated carbocycles. The van der Waals surface area contributed by atoms with E-state index in [-0.39, 0.29) is 13.0 Å². The van der Waals surface area contributed by atoms with Gasteiger partial charge in [0.2, 0.25) is 0 Å². The van der Waals surface area contributed by atoms with Gasteiger partial charge in [0.25, 0.3) is 0 Å². The maximum Gasteiger partial charge on any atom is 0.306 e. The third-order valence-electron chi connectivity index (χ3n) is 2.40. The van der Waals surface area contributed by atoms with Crippen molar-refractivity contribution in [1.29, 1.82) is 0 Å². The summed E-state index contributed by atoms with van der Waals surface area (Å²) in [7, 11) is 1.45. The molecule has 0 fully saturated rings. The van der Waals surface area contributed by atoms with E-state index in [1.165, 1.54) is 11.8 Å². The molecule has 0 spiro atoms. The van der Waals surface area contributed by atoms with Crippen LogP contribution in [0.15, 0.2) is 12.4 Å². The lowest BCUT2D eigenvalue weighted by Crippen LogP contribution is -2.23. The highest BCUT2D eigenvalue weighted by atomic mass is 16.5. The lowest BCUT2D eigenvalue weighted by atomic mass is 10.2. The third kappa shape index (κ3) is 2.69. The maximum atomic E-state index is 10.7. The first-order valence-electron chi connectivity index (χ1n) is 5.20. The number of nitrogens with one attached hydrogen (secondary N) is 1. The molecule has 9 heteroatoms. The zero-order valence-electron chi connectivity index (χ0n) is 9.65. The highest BCUT2D eigenvalue weighted by molar-refractivity contribution is 5.67. The summed E-state index contributed by atoms with van der Waals surface area (Å²) in [6.07, 6.45) is 2.64. The number of aliphatic carboxylic acids is 1. The molecule has 0 aromatic carbocycles. The van der Waals surface area contributed by atoms with E-state index in [2.05, 4.69) is 25.7 Å². The standard InChI is InChI=1S/C9H12N6O3/c1-18-7(2-8(16)17)5-15-9(12-13-14-15)6-3-10-11-4-6/h3-4,7H,2,5H2,1H3,(H,10,11)(H,16,17). The molecule has 2 heterocycles. The first-order valence-corrected chi connectivity index (χ1v) is 5.20. The number of aromatic amines is 1. The van der Waals surface area contributed by atoms with Crippen LogP contribution in [-0.4, -0.2) is 54.7 Å². The molecule has 0 aliphatic carbocycles. The van der Waals surface area contributed by atoms with Crippen LogP contribution in [0.5, 0.6) is 0 Å². The average molecular weight is 252 g/mol. The first kappa shape index (κ1) is 12.2. The van der Waals surface area contributed by atoms with E-state index in [4.69, 9.17) is 9.84 Å². The zero-order chi connectivity index (χ0) is 13.0. The number of methoxy groups -OCH3 is 1. The van der Waals surface area contributed by atoms with Gasteiger partial charge in [0.05, 0.1) is 30.8 Å². The Labute approximate surface area is 102 Å². The van der Waals surface area contributed by atoms with Gasteiger partial charge in [-0.05, 0) is 10.4 Å². The van der Waals surface area contributed by atoms with Gasteiger partial charge in [0.15, 0.2) is 5.82 Å². The van der Waals surface area contributed by atoms with E-state index < -0.39 is 12.1 Å². The van der Waals surface area contributed by atoms with Crippen molar-refractivity contribution in [3.05, 3.63) is 12.4 Å². The number of H-pyrrole nitrogens is 1. The number of nitrogens with zero attached hydrogens (tertiary/aromatic N) is 5. The second-order valence-corrected chi connectivity index (χ2v) is 3.63. The smallest absolute Gasteiger partial charge is 0.306 e. The van der Waals surface area contributed by atoms with Crippen LogP contribution in [-0.2, 0) is 16.1 Å². The Hall–Kier alpha value is -2.29. The molecule has 96 valence electrons. The lowest BCUT2D eigenvalue weighted by molar-refractivity contribution is -0.139. The van der Waals surface area contributed by atoms with Crippen LogP contribution in [0.2, 0.25) is 0 Å². The number of tetrazole rings is 1. The van der Waals surface area contributed by atoms with Gasteiger partial charge in [-0.1, -0.05) is 0 Å². The molecule has 0 aliphatic rings. The Morgan fingerprint density at radius 3 is 3.11 bits per heavy atom. The van der Waals surface area contributed by atoms with Crippen molar-refractivity contribution in [1.82, 2.24) is 30.4 Å². The summed E-state index contributed by atoms with van der Waals surface area (Å²) in [4.78, 5) is 10.7. The Balaban J connectivity index is 2.14. The quantitative estimate of drug-likeness (QED) is 0.714. The minimum atomic E-state index is -0.931. The van der Waals surface area contributed by atoms with Crippen molar-refractivity contribution in [2.24, 2.45) is 0 Å². The van der Waals surface area contributed by atoms with Gasteiger partial charge in [-0.15, -0.1) is 5.10 Å². The molecule has 2 aromatic rings. The topological polar surface area (TPSA) is 119 Å². The predicted molar refractivity (Wildman–Crippen MR) is 58.4 cm³/mol. The molecule has 0 aliphatic heterocycles. The highest BCUT2D eigenvalue weighted by Crippen LogP contribution is 2.14. The minimum absolute atomic E-state index is 0.110. The fourth-order valence-electron chi connectivity index (χ4n) is 1.52. The molecule has 0 amide bonds. The van der Waals surface area contributed by atoms with Crippen molar-refractivity contribution in [2.75, 3.05) is 7.11 Å². The van der Waals surface area contributed by atoms with Crippen molar-refractivity contribution in [3.8, 4) is 11.4 Å². The van der Waals surface area contributed by atoms with Crippen molar-refractivity contribution >= 4 is 5.97 Å². The maximum absolute atomic E-state index is 10.7. The summed E-state index contributed by atoms with van der Waals surface area (Å²) >= 11 is 0. The second-order valence-electron chi connectivity index (χ2n) is 3.63. The number of rotatable bonds is 6. The Morgan fingerprint density at radius 1 is 1.67 bits per heavy atom. The Kier molecular flexibility index (Phi) is 3.63. The monoisotopic (exact) mass is 252 g/mol. The number of carboxylic acid groups (broad SMARTS) is 1. The van der Waals surface area contributed by atoms with Gasteiger partial charge in [-0.3, -0.25) is 9.89 Å². The Bertz CT molecular complexity index is 508. The summed E-state index contributed by atoms with van der Waals surface area (Å²) in [5.74, 6) is -0.420. The zero-order valence-corrected chi connectivity index (χ0v) is 9.65. The van der Waals surface area contributed by atoms with Crippen LogP contribution in [0.25, 0.3) is 11.4 Å². The van der Waals surface area contributed by atoms with Crippen LogP contribution < -0.4 is 0 Å². The molecule has 0 radical (unpaired) electrons. The van der Waals surface area contributed by atoms with Crippen LogP contribution in [0, 0.1) is 0 Å². The molecule has 1 unspecified atom stereocenters. The van der Waals surface area contributed by atoms with Gasteiger partial charge in [0.1, 0.15) is 0 Å². The fourth-order valence-corrected chi connectivity index (χ4v) is 1.52. The molecule has 18 heavy (non-hydrogen) atoms. The van der Waals surface area contributed by atoms with E-state index >= 15 is 0 Å². The highest BCUT2D eigenvalue weighted by Gasteiger charge is 2.17. The van der Waals surface area contributed by atoms with E-state index in [1.54, 1.807) is 12.4 Å². The molecule has 9 nitrogen and oxygen atoms in total. The SMILES string of the molecule is COC(CC(=O)O)Cn1nnnc1-c1cn[nH]c1. The number of carbonyl (C=O) groups is 1. The van der Waals surface area contributed by atoms with Gasteiger partial charge < -0.3 is 9.84 Å². The van der Waals surface area contributed by atoms with Gasteiger partial charge in [-0.2, -0.15) is 5.10 Å². The van der Waals surface area contributed by atoms with Gasteiger partial charge in [0, 0.05) is 13.3 Å². The predicted octanol–water partition coefficient (Wildman–Crippen LogP) is -0.447. The first-order chi connectivity index (χ1) is 8.70. The molecule has 2 N–H and O–H groups in total. The summed E-state index contributed by atoms with van der Waals surface area (Å²) in [6, 6.07) is 0. The molecular weight excluding hydrogens is 240 g/mol. The molecule has 1 atom stereocenters. The van der Waals surface area contributed by atoms with Gasteiger partial charge in [-0.25, -0.2) is 4.68 Å². The summed E-state index contributed by atoms with van der Waals surface area (Å²) < 4.78 is 6.57. The summed E-state index contributed by atoms with van der Waals surface area (Å²) in [5, 5.41) is 26.4. The van der Waals surface area contributed by atoms with Crippen LogP contribution in [0.4, 0.5) is 0 Å². The molecule has 0 bridgehead atoms. The number of aromatic nitrogens is 6. The fraction of sp³-hybridized carbons (Fsp3) is 0.444. The van der Waals surface area contributed by atoms with Crippen molar-refractivity contribution in [3.63, 3.8) is 0 Å². The lowest BCUT2D eigenvalue weighted by Gasteiger charge is -2.13. The van der Waals surface area contributed by atoms with E-state index in [0.29, 0.717) is 5.82 Å². The normalized spacial score (nSPS) is 12.5. The van der Waals surface area contributed by atoms with Crippen LogP contribution in [0.1, 0.15) is 6.42 Å². The van der Waals surface area contributed by atoms with Crippen molar-refractivity contribution < 1.29 is 14.6 Å². The Morgan fingerprint density at radius 2 is 2.50 bits per heavy atom. The third-order valence-corrected chi connectivity index (χ3v) is 2.40. The van der Waals surface area contributed by atoms with Crippen LogP contribution in [0.3, 0.4) is 0 Å². The molecule has 2 rings (SSSR count). The minimum Gasteiger partial charge on any atom is -0.481 e. The van der Waals surface area contributed by atoms with Crippen molar-refractivity contribution in [2.45, 2.75) is 19.1 Å². The van der Waals surface area contributed by atoms with E-state index in [9.17, 15) is 4.79 Å². The summed E-state index contributed by atoms with van der Waals surface area (Å²) in [5.41, 5.74) is 0.727. The largest absolute Gasteiger partial charge is 0.481 e. The number of hydrogen-bond acceptors (Lipinski definition) is 6. The number of hydrogen-bond donors (Lipinski definition) is 2. The number of carboxylic acids is 1. The van der Waals surface area contributed by atoms with E-state index in [0.717, 1.165) is 5.56 Å². The van der Waals surface area contributed by atoms with Gasteiger partial charge >= 0.3 is 5.97 Å². The second kappa shape index (κ2) is 5.36. The molecular formula is C9H12N6O3. The summed E-state index contributed by atoms with van der Waals surface area (Å²) in [6.45, 7) is 0.260. The average Bonchev–Trinajstić information content (AvgIpc) is 2.96. The van der Waals surface area contributed by atoms with Crippen LogP contribution >= 0.6 is 0 Å². The molecule has 0 saturated heterocycles.